The Morgan fingerprint density at radius 2 is 1.59 bits per heavy atom. The lowest BCUT2D eigenvalue weighted by molar-refractivity contribution is -0.155. The number of esters is 1. The summed E-state index contributed by atoms with van der Waals surface area (Å²) in [5.41, 5.74) is -1.03. The van der Waals surface area contributed by atoms with Gasteiger partial charge in [-0.3, -0.25) is 19.3 Å². The molecule has 3 aliphatic rings. The van der Waals surface area contributed by atoms with E-state index < -0.39 is 17.4 Å². The van der Waals surface area contributed by atoms with E-state index >= 15 is 0 Å². The van der Waals surface area contributed by atoms with E-state index in [9.17, 15) is 19.2 Å². The summed E-state index contributed by atoms with van der Waals surface area (Å²) >= 11 is 0. The highest BCUT2D eigenvalue weighted by atomic mass is 16.5. The number of ether oxygens (including phenoxy) is 1. The minimum Gasteiger partial charge on any atom is -0.467 e. The highest BCUT2D eigenvalue weighted by Crippen LogP contribution is 2.37. The van der Waals surface area contributed by atoms with Gasteiger partial charge in [0.25, 0.3) is 0 Å². The third kappa shape index (κ3) is 4.33. The van der Waals surface area contributed by atoms with Crippen LogP contribution in [0.2, 0.25) is 0 Å². The van der Waals surface area contributed by atoms with E-state index in [0.29, 0.717) is 31.6 Å². The Morgan fingerprint density at radius 1 is 1.00 bits per heavy atom. The van der Waals surface area contributed by atoms with Crippen molar-refractivity contribution >= 4 is 23.7 Å². The number of rotatable bonds is 5. The van der Waals surface area contributed by atoms with E-state index in [-0.39, 0.29) is 24.3 Å². The van der Waals surface area contributed by atoms with Crippen LogP contribution in [0.25, 0.3) is 0 Å². The summed E-state index contributed by atoms with van der Waals surface area (Å²) in [6.45, 7) is -0.312. The van der Waals surface area contributed by atoms with Crippen LogP contribution in [0.5, 0.6) is 0 Å². The predicted molar refractivity (Wildman–Crippen MR) is 97.4 cm³/mol. The molecule has 0 radical (unpaired) electrons. The molecule has 0 aromatic carbocycles. The number of methoxy groups -OCH3 is 1. The lowest BCUT2D eigenvalue weighted by Gasteiger charge is -2.36. The zero-order valence-corrected chi connectivity index (χ0v) is 16.1. The summed E-state index contributed by atoms with van der Waals surface area (Å²) in [5, 5.41) is 2.78. The number of imide groups is 1. The number of likely N-dealkylation sites (tertiary alicyclic amines) is 1. The van der Waals surface area contributed by atoms with E-state index in [2.05, 4.69) is 5.32 Å². The zero-order valence-electron chi connectivity index (χ0n) is 16.1. The topological polar surface area (TPSA) is 92.8 Å². The maximum absolute atomic E-state index is 12.6. The van der Waals surface area contributed by atoms with Crippen molar-refractivity contribution in [2.24, 2.45) is 11.8 Å². The second-order valence-corrected chi connectivity index (χ2v) is 8.27. The molecule has 0 aromatic heterocycles. The Balaban J connectivity index is 1.60. The van der Waals surface area contributed by atoms with E-state index in [1.807, 2.05) is 0 Å². The highest BCUT2D eigenvalue weighted by molar-refractivity contribution is 6.01. The van der Waals surface area contributed by atoms with Crippen molar-refractivity contribution in [2.45, 2.75) is 76.2 Å². The first-order valence-corrected chi connectivity index (χ1v) is 10.2. The molecule has 3 fully saturated rings. The molecule has 1 aliphatic heterocycles. The molecule has 1 heterocycles. The van der Waals surface area contributed by atoms with Crippen molar-refractivity contribution in [3.63, 3.8) is 0 Å². The number of carbonyl (C=O) groups excluding carboxylic acids is 4. The molecule has 1 saturated heterocycles. The monoisotopic (exact) mass is 378 g/mol. The first-order valence-electron chi connectivity index (χ1n) is 10.2. The summed E-state index contributed by atoms with van der Waals surface area (Å²) < 4.78 is 4.90. The summed E-state index contributed by atoms with van der Waals surface area (Å²) in [6, 6.07) is 0. The van der Waals surface area contributed by atoms with Crippen molar-refractivity contribution in [3.05, 3.63) is 0 Å². The molecule has 3 amide bonds. The van der Waals surface area contributed by atoms with Crippen molar-refractivity contribution < 1.29 is 23.9 Å². The largest absolute Gasteiger partial charge is 0.467 e. The first kappa shape index (κ1) is 19.8. The van der Waals surface area contributed by atoms with Crippen LogP contribution < -0.4 is 5.32 Å². The number of carbonyl (C=O) groups is 4. The fraction of sp³-hybridized carbons (Fsp3) is 0.800. The molecule has 0 bridgehead atoms. The highest BCUT2D eigenvalue weighted by Gasteiger charge is 2.43. The van der Waals surface area contributed by atoms with E-state index in [0.717, 1.165) is 37.0 Å². The Labute approximate surface area is 160 Å². The SMILES string of the molecule is COC(=O)C1(NC(=O)CN2C(=O)CC(C3CCCC3)CC2=O)CCCCC1. The fourth-order valence-corrected chi connectivity index (χ4v) is 5.00. The van der Waals surface area contributed by atoms with Gasteiger partial charge in [-0.05, 0) is 24.7 Å². The van der Waals surface area contributed by atoms with Crippen LogP contribution in [-0.4, -0.2) is 47.8 Å². The standard InChI is InChI=1S/C20H30N2O5/c1-27-19(26)20(9-5-2-6-10-20)21-16(23)13-22-17(24)11-15(12-18(22)25)14-7-3-4-8-14/h14-15H,2-13H2,1H3,(H,21,23). The van der Waals surface area contributed by atoms with Gasteiger partial charge in [0.15, 0.2) is 0 Å². The summed E-state index contributed by atoms with van der Waals surface area (Å²) in [5.74, 6) is -0.884. The number of amides is 3. The lowest BCUT2D eigenvalue weighted by Crippen LogP contribution is -2.59. The number of nitrogens with zero attached hydrogens (tertiary/aromatic N) is 1. The molecule has 7 nitrogen and oxygen atoms in total. The van der Waals surface area contributed by atoms with Gasteiger partial charge in [0.05, 0.1) is 7.11 Å². The molecule has 0 spiro atoms. The minimum atomic E-state index is -1.03. The van der Waals surface area contributed by atoms with Gasteiger partial charge in [-0.25, -0.2) is 4.79 Å². The molecule has 2 saturated carbocycles. The molecular formula is C20H30N2O5. The lowest BCUT2D eigenvalue weighted by atomic mass is 9.81. The van der Waals surface area contributed by atoms with Gasteiger partial charge < -0.3 is 10.1 Å². The molecular weight excluding hydrogens is 348 g/mol. The Morgan fingerprint density at radius 3 is 2.15 bits per heavy atom. The molecule has 0 aromatic rings. The number of hydrogen-bond acceptors (Lipinski definition) is 5. The Kier molecular flexibility index (Phi) is 6.17. The molecule has 0 unspecified atom stereocenters. The molecule has 0 atom stereocenters. The molecule has 3 rings (SSSR count). The van der Waals surface area contributed by atoms with Crippen molar-refractivity contribution in [2.75, 3.05) is 13.7 Å². The second-order valence-electron chi connectivity index (χ2n) is 8.27. The third-order valence-electron chi connectivity index (χ3n) is 6.51. The number of nitrogens with one attached hydrogen (secondary N) is 1. The van der Waals surface area contributed by atoms with Crippen LogP contribution >= 0.6 is 0 Å². The van der Waals surface area contributed by atoms with Gasteiger partial charge in [0.2, 0.25) is 17.7 Å². The van der Waals surface area contributed by atoms with Crippen molar-refractivity contribution in [1.82, 2.24) is 10.2 Å². The van der Waals surface area contributed by atoms with Crippen LogP contribution in [0, 0.1) is 11.8 Å². The smallest absolute Gasteiger partial charge is 0.331 e. The normalized spacial score (nSPS) is 24.1. The molecule has 1 N–H and O–H groups in total. The summed E-state index contributed by atoms with van der Waals surface area (Å²) in [6.07, 6.45) is 8.93. The van der Waals surface area contributed by atoms with Gasteiger partial charge in [0, 0.05) is 12.8 Å². The van der Waals surface area contributed by atoms with Gasteiger partial charge in [0.1, 0.15) is 12.1 Å². The number of piperidine rings is 1. The van der Waals surface area contributed by atoms with Crippen LogP contribution in [0.4, 0.5) is 0 Å². The van der Waals surface area contributed by atoms with E-state index in [1.54, 1.807) is 0 Å². The van der Waals surface area contributed by atoms with Gasteiger partial charge in [-0.1, -0.05) is 44.9 Å². The molecule has 27 heavy (non-hydrogen) atoms. The Bertz CT molecular complexity index is 587. The maximum Gasteiger partial charge on any atom is 0.331 e. The average Bonchev–Trinajstić information content (AvgIpc) is 3.19. The molecule has 2 aliphatic carbocycles. The van der Waals surface area contributed by atoms with Gasteiger partial charge in [-0.15, -0.1) is 0 Å². The van der Waals surface area contributed by atoms with Crippen molar-refractivity contribution in [1.29, 1.82) is 0 Å². The summed E-state index contributed by atoms with van der Waals surface area (Å²) in [4.78, 5) is 50.9. The van der Waals surface area contributed by atoms with E-state index in [1.165, 1.54) is 20.0 Å². The quantitative estimate of drug-likeness (QED) is 0.583. The average molecular weight is 378 g/mol. The van der Waals surface area contributed by atoms with E-state index in [4.69, 9.17) is 4.74 Å². The van der Waals surface area contributed by atoms with Crippen LogP contribution in [0.3, 0.4) is 0 Å². The fourth-order valence-electron chi connectivity index (χ4n) is 5.00. The zero-order chi connectivity index (χ0) is 19.4. The van der Waals surface area contributed by atoms with Crippen LogP contribution in [-0.2, 0) is 23.9 Å². The van der Waals surface area contributed by atoms with Gasteiger partial charge >= 0.3 is 5.97 Å². The predicted octanol–water partition coefficient (Wildman–Crippen LogP) is 1.93. The third-order valence-corrected chi connectivity index (χ3v) is 6.51. The van der Waals surface area contributed by atoms with Crippen LogP contribution in [0.1, 0.15) is 70.6 Å². The Hall–Kier alpha value is -1.92. The second kappa shape index (κ2) is 8.40. The van der Waals surface area contributed by atoms with Crippen LogP contribution in [0.15, 0.2) is 0 Å². The molecule has 7 heteroatoms. The first-order chi connectivity index (χ1) is 12.9. The van der Waals surface area contributed by atoms with Crippen molar-refractivity contribution in [3.8, 4) is 0 Å². The maximum atomic E-state index is 12.6. The van der Waals surface area contributed by atoms with Gasteiger partial charge in [-0.2, -0.15) is 0 Å². The summed E-state index contributed by atoms with van der Waals surface area (Å²) in [7, 11) is 1.31. The molecule has 150 valence electrons. The minimum absolute atomic E-state index is 0.117. The number of hydrogen-bond donors (Lipinski definition) is 1.